The van der Waals surface area contributed by atoms with Crippen molar-refractivity contribution in [3.63, 3.8) is 0 Å². The van der Waals surface area contributed by atoms with Crippen molar-refractivity contribution in [1.29, 1.82) is 0 Å². The summed E-state index contributed by atoms with van der Waals surface area (Å²) in [5.74, 6) is 0.936. The molecule has 0 aliphatic heterocycles. The van der Waals surface area contributed by atoms with E-state index in [1.165, 1.54) is 30.6 Å². The Bertz CT molecular complexity index is 575. The molecule has 0 saturated heterocycles. The lowest BCUT2D eigenvalue weighted by Gasteiger charge is -2.14. The van der Waals surface area contributed by atoms with Gasteiger partial charge in [0.1, 0.15) is 5.76 Å². The molecule has 1 saturated carbocycles. The molecule has 1 N–H and O–H groups in total. The van der Waals surface area contributed by atoms with Crippen LogP contribution in [0.1, 0.15) is 44.4 Å². The van der Waals surface area contributed by atoms with Gasteiger partial charge in [0.15, 0.2) is 4.67 Å². The third kappa shape index (κ3) is 4.07. The van der Waals surface area contributed by atoms with Gasteiger partial charge in [-0.2, -0.15) is 0 Å². The molecule has 2 aromatic rings. The lowest BCUT2D eigenvalue weighted by atomic mass is 10.2. The number of nitrogens with one attached hydrogen (secondary N) is 1. The van der Waals surface area contributed by atoms with Gasteiger partial charge in [-0.05, 0) is 72.1 Å². The summed E-state index contributed by atoms with van der Waals surface area (Å²) >= 11 is 5.37. The summed E-state index contributed by atoms with van der Waals surface area (Å²) in [5, 5.41) is 4.29. The maximum atomic E-state index is 5.58. The molecular weight excluding hydrogens is 346 g/mol. The maximum Gasteiger partial charge on any atom is 0.169 e. The second-order valence-electron chi connectivity index (χ2n) is 5.56. The first-order valence-corrected chi connectivity index (χ1v) is 9.16. The minimum absolute atomic E-state index is 0.157. The molecule has 1 aromatic carbocycles. The van der Waals surface area contributed by atoms with Crippen molar-refractivity contribution in [3.8, 4) is 0 Å². The minimum Gasteiger partial charge on any atom is -0.452 e. The van der Waals surface area contributed by atoms with Crippen LogP contribution in [0.15, 0.2) is 50.4 Å². The predicted octanol–water partition coefficient (Wildman–Crippen LogP) is 6.25. The van der Waals surface area contributed by atoms with E-state index in [1.807, 2.05) is 23.9 Å². The summed E-state index contributed by atoms with van der Waals surface area (Å²) in [6, 6.07) is 12.8. The topological polar surface area (TPSA) is 25.2 Å². The van der Waals surface area contributed by atoms with E-state index >= 15 is 0 Å². The van der Waals surface area contributed by atoms with Crippen molar-refractivity contribution in [2.45, 2.75) is 48.8 Å². The molecule has 3 rings (SSSR count). The molecule has 0 bridgehead atoms. The third-order valence-electron chi connectivity index (χ3n) is 3.86. The number of halogens is 1. The summed E-state index contributed by atoms with van der Waals surface area (Å²) in [6.07, 6.45) is 5.53. The zero-order chi connectivity index (χ0) is 14.7. The van der Waals surface area contributed by atoms with Crippen molar-refractivity contribution in [1.82, 2.24) is 0 Å². The predicted molar refractivity (Wildman–Crippen MR) is 93.0 cm³/mol. The summed E-state index contributed by atoms with van der Waals surface area (Å²) < 4.78 is 6.35. The highest BCUT2D eigenvalue weighted by Gasteiger charge is 2.16. The standard InChI is InChI=1S/C17H20BrNOS/c1-12(16-10-11-17(18)20-16)19-13-6-8-15(9-7-13)21-14-4-2-3-5-14/h6-12,14,19H,2-5H2,1H3. The van der Waals surface area contributed by atoms with Crippen LogP contribution in [0.25, 0.3) is 0 Å². The lowest BCUT2D eigenvalue weighted by molar-refractivity contribution is 0.471. The average molecular weight is 366 g/mol. The smallest absolute Gasteiger partial charge is 0.169 e. The van der Waals surface area contributed by atoms with E-state index in [0.717, 1.165) is 21.4 Å². The van der Waals surface area contributed by atoms with Gasteiger partial charge in [-0.3, -0.25) is 0 Å². The fourth-order valence-corrected chi connectivity index (χ4v) is 4.28. The Morgan fingerprint density at radius 1 is 1.14 bits per heavy atom. The molecule has 1 aliphatic carbocycles. The van der Waals surface area contributed by atoms with E-state index in [-0.39, 0.29) is 6.04 Å². The first kappa shape index (κ1) is 15.0. The molecule has 2 nitrogen and oxygen atoms in total. The third-order valence-corrected chi connectivity index (χ3v) is 5.64. The number of furan rings is 1. The highest BCUT2D eigenvalue weighted by Crippen LogP contribution is 2.35. The summed E-state index contributed by atoms with van der Waals surface area (Å²) in [6.45, 7) is 2.10. The fraction of sp³-hybridized carbons (Fsp3) is 0.412. The van der Waals surface area contributed by atoms with Crippen LogP contribution in [0, 0.1) is 0 Å². The van der Waals surface area contributed by atoms with Crippen molar-refractivity contribution in [2.75, 3.05) is 5.32 Å². The average Bonchev–Trinajstić information content (AvgIpc) is 3.12. The first-order valence-electron chi connectivity index (χ1n) is 7.49. The lowest BCUT2D eigenvalue weighted by Crippen LogP contribution is -2.05. The molecule has 1 aliphatic rings. The van der Waals surface area contributed by atoms with Crippen molar-refractivity contribution in [3.05, 3.63) is 46.8 Å². The van der Waals surface area contributed by atoms with E-state index in [9.17, 15) is 0 Å². The zero-order valence-corrected chi connectivity index (χ0v) is 14.5. The second kappa shape index (κ2) is 6.93. The van der Waals surface area contributed by atoms with E-state index in [2.05, 4.69) is 52.4 Å². The molecular formula is C17H20BrNOS. The largest absolute Gasteiger partial charge is 0.452 e. The molecule has 21 heavy (non-hydrogen) atoms. The van der Waals surface area contributed by atoms with Gasteiger partial charge < -0.3 is 9.73 Å². The molecule has 1 heterocycles. The van der Waals surface area contributed by atoms with Gasteiger partial charge in [0.05, 0.1) is 6.04 Å². The van der Waals surface area contributed by atoms with Gasteiger partial charge in [0.25, 0.3) is 0 Å². The molecule has 1 fully saturated rings. The van der Waals surface area contributed by atoms with Crippen LogP contribution in [0.2, 0.25) is 0 Å². The summed E-state index contributed by atoms with van der Waals surface area (Å²) in [4.78, 5) is 1.38. The maximum absolute atomic E-state index is 5.58. The Morgan fingerprint density at radius 3 is 2.48 bits per heavy atom. The van der Waals surface area contributed by atoms with E-state index in [4.69, 9.17) is 4.42 Å². The van der Waals surface area contributed by atoms with Crippen LogP contribution in [-0.4, -0.2) is 5.25 Å². The molecule has 0 spiro atoms. The van der Waals surface area contributed by atoms with Gasteiger partial charge in [-0.1, -0.05) is 12.8 Å². The Balaban J connectivity index is 1.58. The molecule has 0 amide bonds. The molecule has 1 aromatic heterocycles. The van der Waals surface area contributed by atoms with Crippen LogP contribution >= 0.6 is 27.7 Å². The number of thioether (sulfide) groups is 1. The Morgan fingerprint density at radius 2 is 1.86 bits per heavy atom. The summed E-state index contributed by atoms with van der Waals surface area (Å²) in [5.41, 5.74) is 1.13. The van der Waals surface area contributed by atoms with Crippen LogP contribution < -0.4 is 5.32 Å². The van der Waals surface area contributed by atoms with Crippen LogP contribution in [0.5, 0.6) is 0 Å². The second-order valence-corrected chi connectivity index (χ2v) is 7.71. The first-order chi connectivity index (χ1) is 10.2. The molecule has 112 valence electrons. The van der Waals surface area contributed by atoms with Gasteiger partial charge in [-0.25, -0.2) is 0 Å². The Labute approximate surface area is 138 Å². The number of hydrogen-bond acceptors (Lipinski definition) is 3. The normalized spacial score (nSPS) is 17.0. The van der Waals surface area contributed by atoms with Crippen LogP contribution in [-0.2, 0) is 0 Å². The fourth-order valence-electron chi connectivity index (χ4n) is 2.71. The van der Waals surface area contributed by atoms with Gasteiger partial charge in [0, 0.05) is 15.8 Å². The molecule has 0 radical (unpaired) electrons. The number of benzene rings is 1. The molecule has 4 heteroatoms. The Kier molecular flexibility index (Phi) is 4.96. The number of anilines is 1. The van der Waals surface area contributed by atoms with Gasteiger partial charge in [-0.15, -0.1) is 11.8 Å². The van der Waals surface area contributed by atoms with Crippen molar-refractivity contribution < 1.29 is 4.42 Å². The molecule has 1 unspecified atom stereocenters. The SMILES string of the molecule is CC(Nc1ccc(SC2CCCC2)cc1)c1ccc(Br)o1. The van der Waals surface area contributed by atoms with Gasteiger partial charge in [0.2, 0.25) is 0 Å². The van der Waals surface area contributed by atoms with E-state index in [1.54, 1.807) is 0 Å². The van der Waals surface area contributed by atoms with Crippen molar-refractivity contribution >= 4 is 33.4 Å². The quantitative estimate of drug-likeness (QED) is 0.677. The highest BCUT2D eigenvalue weighted by atomic mass is 79.9. The highest BCUT2D eigenvalue weighted by molar-refractivity contribution is 9.10. The zero-order valence-electron chi connectivity index (χ0n) is 12.1. The van der Waals surface area contributed by atoms with E-state index < -0.39 is 0 Å². The monoisotopic (exact) mass is 365 g/mol. The summed E-state index contributed by atoms with van der Waals surface area (Å²) in [7, 11) is 0. The van der Waals surface area contributed by atoms with Crippen LogP contribution in [0.4, 0.5) is 5.69 Å². The van der Waals surface area contributed by atoms with Gasteiger partial charge >= 0.3 is 0 Å². The van der Waals surface area contributed by atoms with Crippen LogP contribution in [0.3, 0.4) is 0 Å². The number of rotatable bonds is 5. The Hall–Kier alpha value is -0.870. The van der Waals surface area contributed by atoms with Crippen molar-refractivity contribution in [2.24, 2.45) is 0 Å². The van der Waals surface area contributed by atoms with E-state index in [0.29, 0.717) is 0 Å². The molecule has 1 atom stereocenters. The number of hydrogen-bond donors (Lipinski definition) is 1. The minimum atomic E-state index is 0.157.